The zero-order valence-electron chi connectivity index (χ0n) is 17.7. The van der Waals surface area contributed by atoms with Gasteiger partial charge in [0.2, 0.25) is 0 Å². The molecule has 6 heteroatoms. The molecular weight excluding hydrogens is 326 g/mol. The van der Waals surface area contributed by atoms with Crippen LogP contribution in [0.1, 0.15) is 40.5 Å². The highest BCUT2D eigenvalue weighted by Crippen LogP contribution is 2.33. The number of guanidine groups is 1. The number of piperazine rings is 1. The molecule has 26 heavy (non-hydrogen) atoms. The molecule has 0 spiro atoms. The zero-order valence-corrected chi connectivity index (χ0v) is 17.7. The van der Waals surface area contributed by atoms with Crippen LogP contribution in [0.4, 0.5) is 0 Å². The standard InChI is InChI=1S/C20H41N5O/c1-6-24-11-13-25(14-12-24)10-9-22-19(21-5)23-16-17-8-7-15-26-18(17)20(2,3)4/h17-18H,6-16H2,1-5H3,(H2,21,22,23). The number of hydrogen-bond donors (Lipinski definition) is 2. The highest BCUT2D eigenvalue weighted by molar-refractivity contribution is 5.79. The molecule has 2 atom stereocenters. The molecule has 0 amide bonds. The van der Waals surface area contributed by atoms with Gasteiger partial charge in [0, 0.05) is 65.4 Å². The van der Waals surface area contributed by atoms with Gasteiger partial charge in [-0.15, -0.1) is 0 Å². The van der Waals surface area contributed by atoms with E-state index in [0.717, 1.165) is 38.6 Å². The maximum atomic E-state index is 6.09. The Morgan fingerprint density at radius 2 is 1.81 bits per heavy atom. The monoisotopic (exact) mass is 367 g/mol. The van der Waals surface area contributed by atoms with Crippen LogP contribution in [0.15, 0.2) is 4.99 Å². The topological polar surface area (TPSA) is 52.1 Å². The van der Waals surface area contributed by atoms with Gasteiger partial charge >= 0.3 is 0 Å². The number of ether oxygens (including phenoxy) is 1. The smallest absolute Gasteiger partial charge is 0.191 e. The molecule has 0 radical (unpaired) electrons. The first-order valence-electron chi connectivity index (χ1n) is 10.4. The SMILES string of the molecule is CCN1CCN(CCNC(=NC)NCC2CCCOC2C(C)(C)C)CC1. The Balaban J connectivity index is 1.69. The summed E-state index contributed by atoms with van der Waals surface area (Å²) in [7, 11) is 1.86. The number of likely N-dealkylation sites (N-methyl/N-ethyl adjacent to an activating group) is 1. The Morgan fingerprint density at radius 1 is 1.12 bits per heavy atom. The van der Waals surface area contributed by atoms with Gasteiger partial charge in [0.05, 0.1) is 6.10 Å². The molecular formula is C20H41N5O. The second-order valence-electron chi connectivity index (χ2n) is 8.72. The Bertz CT molecular complexity index is 426. The van der Waals surface area contributed by atoms with Crippen LogP contribution in [0.25, 0.3) is 0 Å². The van der Waals surface area contributed by atoms with Crippen LogP contribution in [0.5, 0.6) is 0 Å². The van der Waals surface area contributed by atoms with Crippen molar-refractivity contribution in [3.05, 3.63) is 0 Å². The molecule has 152 valence electrons. The summed E-state index contributed by atoms with van der Waals surface area (Å²) in [5, 5.41) is 7.01. The molecule has 0 aliphatic carbocycles. The van der Waals surface area contributed by atoms with Gasteiger partial charge in [0.25, 0.3) is 0 Å². The Morgan fingerprint density at radius 3 is 2.42 bits per heavy atom. The van der Waals surface area contributed by atoms with Crippen molar-refractivity contribution < 1.29 is 4.74 Å². The molecule has 2 saturated heterocycles. The normalized spacial score (nSPS) is 26.7. The third kappa shape index (κ3) is 6.71. The van der Waals surface area contributed by atoms with Crippen LogP contribution in [-0.2, 0) is 4.74 Å². The second kappa shape index (κ2) is 10.5. The highest BCUT2D eigenvalue weighted by Gasteiger charge is 2.35. The van der Waals surface area contributed by atoms with Crippen molar-refractivity contribution in [2.45, 2.75) is 46.6 Å². The van der Waals surface area contributed by atoms with Crippen molar-refractivity contribution >= 4 is 5.96 Å². The van der Waals surface area contributed by atoms with Crippen molar-refractivity contribution in [1.82, 2.24) is 20.4 Å². The fourth-order valence-electron chi connectivity index (χ4n) is 4.12. The minimum Gasteiger partial charge on any atom is -0.377 e. The van der Waals surface area contributed by atoms with Crippen molar-refractivity contribution in [2.75, 3.05) is 66.0 Å². The zero-order chi connectivity index (χ0) is 19.0. The number of hydrogen-bond acceptors (Lipinski definition) is 4. The van der Waals surface area contributed by atoms with Crippen LogP contribution < -0.4 is 10.6 Å². The van der Waals surface area contributed by atoms with E-state index in [4.69, 9.17) is 4.74 Å². The molecule has 2 aliphatic rings. The van der Waals surface area contributed by atoms with Crippen molar-refractivity contribution in [1.29, 1.82) is 0 Å². The lowest BCUT2D eigenvalue weighted by atomic mass is 9.78. The highest BCUT2D eigenvalue weighted by atomic mass is 16.5. The lowest BCUT2D eigenvalue weighted by Gasteiger charge is -2.40. The van der Waals surface area contributed by atoms with Crippen LogP contribution in [0.3, 0.4) is 0 Å². The first-order chi connectivity index (χ1) is 12.4. The lowest BCUT2D eigenvalue weighted by Crippen LogP contribution is -2.50. The van der Waals surface area contributed by atoms with Crippen molar-refractivity contribution in [3.8, 4) is 0 Å². The van der Waals surface area contributed by atoms with Gasteiger partial charge in [-0.3, -0.25) is 9.89 Å². The number of nitrogens with zero attached hydrogens (tertiary/aromatic N) is 3. The summed E-state index contributed by atoms with van der Waals surface area (Å²) < 4.78 is 6.09. The molecule has 2 fully saturated rings. The van der Waals surface area contributed by atoms with Gasteiger partial charge in [-0.25, -0.2) is 0 Å². The maximum absolute atomic E-state index is 6.09. The average molecular weight is 368 g/mol. The molecule has 2 heterocycles. The summed E-state index contributed by atoms with van der Waals surface area (Å²) in [5.74, 6) is 1.46. The molecule has 0 saturated carbocycles. The fourth-order valence-corrected chi connectivity index (χ4v) is 4.12. The van der Waals surface area contributed by atoms with Gasteiger partial charge in [-0.1, -0.05) is 27.7 Å². The van der Waals surface area contributed by atoms with Crippen LogP contribution in [-0.4, -0.2) is 87.9 Å². The number of aliphatic imine (C=N–C) groups is 1. The Hall–Kier alpha value is -0.850. The van der Waals surface area contributed by atoms with Gasteiger partial charge in [0.1, 0.15) is 0 Å². The van der Waals surface area contributed by atoms with E-state index in [-0.39, 0.29) is 5.41 Å². The molecule has 2 rings (SSSR count). The minimum absolute atomic E-state index is 0.185. The number of nitrogens with one attached hydrogen (secondary N) is 2. The Kier molecular flexibility index (Phi) is 8.64. The van der Waals surface area contributed by atoms with Crippen LogP contribution in [0.2, 0.25) is 0 Å². The fraction of sp³-hybridized carbons (Fsp3) is 0.950. The van der Waals surface area contributed by atoms with E-state index >= 15 is 0 Å². The predicted octanol–water partition coefficient (Wildman–Crippen LogP) is 1.63. The summed E-state index contributed by atoms with van der Waals surface area (Å²) in [6.07, 6.45) is 2.71. The van der Waals surface area contributed by atoms with Gasteiger partial charge in [0.15, 0.2) is 5.96 Å². The quantitative estimate of drug-likeness (QED) is 0.552. The van der Waals surface area contributed by atoms with Gasteiger partial charge < -0.3 is 20.3 Å². The minimum atomic E-state index is 0.185. The van der Waals surface area contributed by atoms with Gasteiger partial charge in [-0.2, -0.15) is 0 Å². The maximum Gasteiger partial charge on any atom is 0.191 e. The van der Waals surface area contributed by atoms with E-state index < -0.39 is 0 Å². The van der Waals surface area contributed by atoms with E-state index in [2.05, 4.69) is 53.1 Å². The third-order valence-corrected chi connectivity index (χ3v) is 5.69. The molecule has 0 aromatic rings. The molecule has 0 bridgehead atoms. The molecule has 2 aliphatic heterocycles. The average Bonchev–Trinajstić information content (AvgIpc) is 2.64. The summed E-state index contributed by atoms with van der Waals surface area (Å²) >= 11 is 0. The summed E-state index contributed by atoms with van der Waals surface area (Å²) in [4.78, 5) is 9.45. The molecule has 6 nitrogen and oxygen atoms in total. The van der Waals surface area contributed by atoms with E-state index in [0.29, 0.717) is 12.0 Å². The van der Waals surface area contributed by atoms with E-state index in [1.54, 1.807) is 0 Å². The summed E-state index contributed by atoms with van der Waals surface area (Å²) in [5.41, 5.74) is 0.185. The lowest BCUT2D eigenvalue weighted by molar-refractivity contribution is -0.0835. The summed E-state index contributed by atoms with van der Waals surface area (Å²) in [6.45, 7) is 18.8. The first kappa shape index (κ1) is 21.5. The van der Waals surface area contributed by atoms with Crippen molar-refractivity contribution in [3.63, 3.8) is 0 Å². The molecule has 2 N–H and O–H groups in total. The van der Waals surface area contributed by atoms with Crippen LogP contribution >= 0.6 is 0 Å². The van der Waals surface area contributed by atoms with Crippen molar-refractivity contribution in [2.24, 2.45) is 16.3 Å². The first-order valence-corrected chi connectivity index (χ1v) is 10.4. The van der Waals surface area contributed by atoms with Gasteiger partial charge in [-0.05, 0) is 24.8 Å². The van der Waals surface area contributed by atoms with E-state index in [1.165, 1.54) is 39.1 Å². The largest absolute Gasteiger partial charge is 0.377 e. The summed E-state index contributed by atoms with van der Waals surface area (Å²) in [6, 6.07) is 0. The molecule has 2 unspecified atom stereocenters. The number of rotatable bonds is 6. The second-order valence-corrected chi connectivity index (χ2v) is 8.72. The molecule has 0 aromatic carbocycles. The predicted molar refractivity (Wildman–Crippen MR) is 110 cm³/mol. The van der Waals surface area contributed by atoms with E-state index in [1.807, 2.05) is 7.05 Å². The molecule has 0 aromatic heterocycles. The Labute approximate surface area is 160 Å². The van der Waals surface area contributed by atoms with Crippen LogP contribution in [0, 0.1) is 11.3 Å². The third-order valence-electron chi connectivity index (χ3n) is 5.69. The van der Waals surface area contributed by atoms with E-state index in [9.17, 15) is 0 Å².